The smallest absolute Gasteiger partial charge is 0.339 e. The van der Waals surface area contributed by atoms with Gasteiger partial charge in [-0.1, -0.05) is 24.3 Å². The number of nitriles is 1. The van der Waals surface area contributed by atoms with E-state index >= 15 is 0 Å². The van der Waals surface area contributed by atoms with Gasteiger partial charge in [0.2, 0.25) is 11.8 Å². The highest BCUT2D eigenvalue weighted by molar-refractivity contribution is 6.18. The number of hydrogen-bond acceptors (Lipinski definition) is 6. The summed E-state index contributed by atoms with van der Waals surface area (Å²) in [7, 11) is 0. The number of nitrogens with two attached hydrogens (primary N) is 1. The van der Waals surface area contributed by atoms with Crippen molar-refractivity contribution in [1.29, 1.82) is 5.26 Å². The van der Waals surface area contributed by atoms with E-state index in [1.165, 1.54) is 11.8 Å². The zero-order valence-corrected chi connectivity index (χ0v) is 15.1. The van der Waals surface area contributed by atoms with Crippen LogP contribution in [0.4, 0.5) is 5.69 Å². The van der Waals surface area contributed by atoms with E-state index in [-0.39, 0.29) is 35.9 Å². The van der Waals surface area contributed by atoms with Crippen LogP contribution in [0.5, 0.6) is 0 Å². The average Bonchev–Trinajstić information content (AvgIpc) is 2.86. The molecule has 1 amide bonds. The lowest BCUT2D eigenvalue weighted by atomic mass is 9.68. The molecule has 2 aliphatic rings. The summed E-state index contributed by atoms with van der Waals surface area (Å²) in [5.41, 5.74) is 5.18. The van der Waals surface area contributed by atoms with E-state index in [9.17, 15) is 14.9 Å². The van der Waals surface area contributed by atoms with Gasteiger partial charge in [0, 0.05) is 17.8 Å². The van der Waals surface area contributed by atoms with Gasteiger partial charge in [-0.3, -0.25) is 4.79 Å². The van der Waals surface area contributed by atoms with Gasteiger partial charge in [-0.25, -0.2) is 4.79 Å². The van der Waals surface area contributed by atoms with Crippen LogP contribution in [0.15, 0.2) is 59.7 Å². The standard InChI is InChI=1S/C20H19N3O4/c1-4-10-23-15-9-7-6-8-13(15)20(19(23)25)14(11-21)17(22)27-12(3)16(20)18(24)26-5-2/h4,6-9H,1,5,10,22H2,2-3H3/t20-/m0/s1. The summed E-state index contributed by atoms with van der Waals surface area (Å²) >= 11 is 0. The third kappa shape index (κ3) is 2.34. The third-order valence-corrected chi connectivity index (χ3v) is 4.68. The first-order chi connectivity index (χ1) is 12.9. The van der Waals surface area contributed by atoms with Crippen molar-refractivity contribution >= 4 is 17.6 Å². The number of allylic oxidation sites excluding steroid dienone is 1. The maximum Gasteiger partial charge on any atom is 0.339 e. The Morgan fingerprint density at radius 2 is 2.19 bits per heavy atom. The van der Waals surface area contributed by atoms with E-state index in [0.29, 0.717) is 11.3 Å². The van der Waals surface area contributed by atoms with Crippen molar-refractivity contribution in [3.8, 4) is 6.07 Å². The van der Waals surface area contributed by atoms with Crippen LogP contribution in [-0.4, -0.2) is 25.0 Å². The molecule has 2 heterocycles. The highest BCUT2D eigenvalue weighted by atomic mass is 16.5. The SMILES string of the molecule is C=CCN1C(=O)[C@]2(C(C#N)=C(N)OC(C)=C2C(=O)OCC)c2ccccc21. The molecule has 7 heteroatoms. The number of rotatable bonds is 4. The zero-order chi connectivity index (χ0) is 19.8. The first-order valence-corrected chi connectivity index (χ1v) is 8.44. The minimum absolute atomic E-state index is 0.0286. The summed E-state index contributed by atoms with van der Waals surface area (Å²) < 4.78 is 10.6. The molecule has 27 heavy (non-hydrogen) atoms. The lowest BCUT2D eigenvalue weighted by Crippen LogP contribution is -2.48. The molecule has 0 saturated carbocycles. The molecule has 7 nitrogen and oxygen atoms in total. The molecule has 0 aromatic heterocycles. The number of hydrogen-bond donors (Lipinski definition) is 1. The largest absolute Gasteiger partial charge is 0.462 e. The van der Waals surface area contributed by atoms with Crippen molar-refractivity contribution in [2.75, 3.05) is 18.1 Å². The summed E-state index contributed by atoms with van der Waals surface area (Å²) in [5.74, 6) is -1.26. The number of carbonyl (C=O) groups is 2. The molecule has 0 fully saturated rings. The predicted molar refractivity (Wildman–Crippen MR) is 97.9 cm³/mol. The van der Waals surface area contributed by atoms with E-state index in [0.717, 1.165) is 0 Å². The number of amides is 1. The van der Waals surface area contributed by atoms with Crippen LogP contribution < -0.4 is 10.6 Å². The van der Waals surface area contributed by atoms with Gasteiger partial charge < -0.3 is 20.1 Å². The van der Waals surface area contributed by atoms with Crippen LogP contribution in [0.3, 0.4) is 0 Å². The maximum atomic E-state index is 13.6. The fourth-order valence-electron chi connectivity index (χ4n) is 3.73. The number of para-hydroxylation sites is 1. The van der Waals surface area contributed by atoms with Crippen LogP contribution in [0.25, 0.3) is 0 Å². The number of anilines is 1. The molecular weight excluding hydrogens is 346 g/mol. The van der Waals surface area contributed by atoms with Gasteiger partial charge in [0.1, 0.15) is 23.0 Å². The topological polar surface area (TPSA) is 106 Å². The minimum Gasteiger partial charge on any atom is -0.462 e. The van der Waals surface area contributed by atoms with Crippen molar-refractivity contribution in [2.45, 2.75) is 19.3 Å². The molecule has 0 unspecified atom stereocenters. The first-order valence-electron chi connectivity index (χ1n) is 8.44. The molecule has 1 spiro atoms. The second-order valence-electron chi connectivity index (χ2n) is 6.08. The van der Waals surface area contributed by atoms with Crippen molar-refractivity contribution in [2.24, 2.45) is 5.73 Å². The summed E-state index contributed by atoms with van der Waals surface area (Å²) in [6.07, 6.45) is 1.58. The summed E-state index contributed by atoms with van der Waals surface area (Å²) in [4.78, 5) is 28.0. The number of benzene rings is 1. The molecular formula is C20H19N3O4. The monoisotopic (exact) mass is 365 g/mol. The van der Waals surface area contributed by atoms with Gasteiger partial charge in [-0.2, -0.15) is 5.26 Å². The third-order valence-electron chi connectivity index (χ3n) is 4.68. The zero-order valence-electron chi connectivity index (χ0n) is 15.1. The molecule has 0 bridgehead atoms. The van der Waals surface area contributed by atoms with Gasteiger partial charge in [0.25, 0.3) is 0 Å². The van der Waals surface area contributed by atoms with E-state index < -0.39 is 17.3 Å². The van der Waals surface area contributed by atoms with Crippen LogP contribution in [0.1, 0.15) is 19.4 Å². The minimum atomic E-state index is -1.70. The molecule has 1 aromatic rings. The highest BCUT2D eigenvalue weighted by Crippen LogP contribution is 2.53. The average molecular weight is 365 g/mol. The van der Waals surface area contributed by atoms with Crippen molar-refractivity contribution in [3.05, 3.63) is 65.3 Å². The second-order valence-corrected chi connectivity index (χ2v) is 6.08. The summed E-state index contributed by atoms with van der Waals surface area (Å²) in [5, 5.41) is 9.83. The van der Waals surface area contributed by atoms with E-state index in [2.05, 4.69) is 6.58 Å². The second kappa shape index (κ2) is 6.65. The molecule has 0 radical (unpaired) electrons. The Morgan fingerprint density at radius 1 is 1.48 bits per heavy atom. The van der Waals surface area contributed by atoms with Crippen LogP contribution in [0.2, 0.25) is 0 Å². The fourth-order valence-corrected chi connectivity index (χ4v) is 3.73. The van der Waals surface area contributed by atoms with Crippen molar-refractivity contribution in [3.63, 3.8) is 0 Å². The first kappa shape index (κ1) is 18.3. The van der Waals surface area contributed by atoms with Crippen LogP contribution in [0, 0.1) is 11.3 Å². The number of fused-ring (bicyclic) bond motifs is 2. The molecule has 1 aromatic carbocycles. The molecule has 0 saturated heterocycles. The lowest BCUT2D eigenvalue weighted by molar-refractivity contribution is -0.141. The number of nitrogens with zero attached hydrogens (tertiary/aromatic N) is 2. The molecule has 2 aliphatic heterocycles. The highest BCUT2D eigenvalue weighted by Gasteiger charge is 2.61. The Balaban J connectivity index is 2.42. The fraction of sp³-hybridized carbons (Fsp3) is 0.250. The Kier molecular flexibility index (Phi) is 4.50. The van der Waals surface area contributed by atoms with Crippen LogP contribution in [-0.2, 0) is 24.5 Å². The molecule has 2 N–H and O–H groups in total. The number of esters is 1. The lowest BCUT2D eigenvalue weighted by Gasteiger charge is -2.34. The van der Waals surface area contributed by atoms with Gasteiger partial charge in [0.05, 0.1) is 6.61 Å². The maximum absolute atomic E-state index is 13.6. The van der Waals surface area contributed by atoms with Gasteiger partial charge in [0.15, 0.2) is 5.41 Å². The van der Waals surface area contributed by atoms with Crippen molar-refractivity contribution < 1.29 is 19.1 Å². The van der Waals surface area contributed by atoms with E-state index in [4.69, 9.17) is 15.2 Å². The van der Waals surface area contributed by atoms with Crippen LogP contribution >= 0.6 is 0 Å². The number of ether oxygens (including phenoxy) is 2. The normalized spacial score (nSPS) is 21.1. The summed E-state index contributed by atoms with van der Waals surface area (Å²) in [6, 6.07) is 8.96. The number of carbonyl (C=O) groups excluding carboxylic acids is 2. The predicted octanol–water partition coefficient (Wildman–Crippen LogP) is 2.02. The molecule has 1 atom stereocenters. The van der Waals surface area contributed by atoms with Gasteiger partial charge in [-0.15, -0.1) is 6.58 Å². The van der Waals surface area contributed by atoms with Gasteiger partial charge in [-0.05, 0) is 19.9 Å². The quantitative estimate of drug-likeness (QED) is 0.646. The molecule has 0 aliphatic carbocycles. The van der Waals surface area contributed by atoms with E-state index in [1.54, 1.807) is 37.3 Å². The Labute approximate surface area is 157 Å². The Bertz CT molecular complexity index is 954. The summed E-state index contributed by atoms with van der Waals surface area (Å²) in [6.45, 7) is 7.21. The van der Waals surface area contributed by atoms with Crippen molar-refractivity contribution in [1.82, 2.24) is 0 Å². The molecule has 3 rings (SSSR count). The Morgan fingerprint density at radius 3 is 2.81 bits per heavy atom. The van der Waals surface area contributed by atoms with Gasteiger partial charge >= 0.3 is 5.97 Å². The molecule has 138 valence electrons. The Hall–Kier alpha value is -3.53. The van der Waals surface area contributed by atoms with E-state index in [1.807, 2.05) is 6.07 Å².